The lowest BCUT2D eigenvalue weighted by Crippen LogP contribution is -2.24. The Bertz CT molecular complexity index is 1110. The molecule has 3 aromatic rings. The Morgan fingerprint density at radius 3 is 2.43 bits per heavy atom. The van der Waals surface area contributed by atoms with Gasteiger partial charge in [-0.15, -0.1) is 5.10 Å². The van der Waals surface area contributed by atoms with E-state index in [4.69, 9.17) is 4.74 Å². The average molecular weight is 431 g/mol. The standard InChI is InChI=1S/C18H21N7O4S/c1-24(2)30(27,28)17-10-14(6-9-16(17)29-3)21-18(26)11-19-13-4-7-15(8-5-13)25-12-20-22-23-25/h4-10,12,19H,11H2,1-3H3,(H,21,26). The van der Waals surface area contributed by atoms with Gasteiger partial charge in [0.05, 0.1) is 19.3 Å². The molecule has 0 aliphatic carbocycles. The van der Waals surface area contributed by atoms with E-state index in [1.807, 2.05) is 0 Å². The first-order valence-electron chi connectivity index (χ1n) is 8.79. The van der Waals surface area contributed by atoms with Crippen LogP contribution in [0.15, 0.2) is 53.7 Å². The summed E-state index contributed by atoms with van der Waals surface area (Å²) in [5, 5.41) is 16.6. The Hall–Kier alpha value is -3.51. The van der Waals surface area contributed by atoms with E-state index in [1.54, 1.807) is 30.3 Å². The summed E-state index contributed by atoms with van der Waals surface area (Å²) in [6.45, 7) is -0.00792. The van der Waals surface area contributed by atoms with Gasteiger partial charge in [0.1, 0.15) is 17.0 Å². The quantitative estimate of drug-likeness (QED) is 0.539. The van der Waals surface area contributed by atoms with Crippen molar-refractivity contribution in [2.75, 3.05) is 38.4 Å². The monoisotopic (exact) mass is 431 g/mol. The molecule has 3 rings (SSSR count). The van der Waals surface area contributed by atoms with Crippen molar-refractivity contribution in [1.82, 2.24) is 24.5 Å². The van der Waals surface area contributed by atoms with Crippen LogP contribution in [0.3, 0.4) is 0 Å². The van der Waals surface area contributed by atoms with E-state index >= 15 is 0 Å². The number of nitrogens with zero attached hydrogens (tertiary/aromatic N) is 5. The van der Waals surface area contributed by atoms with E-state index in [1.165, 1.54) is 44.3 Å². The Morgan fingerprint density at radius 1 is 1.13 bits per heavy atom. The highest BCUT2D eigenvalue weighted by molar-refractivity contribution is 7.89. The molecule has 30 heavy (non-hydrogen) atoms. The molecule has 0 bridgehead atoms. The Kier molecular flexibility index (Phi) is 6.28. The number of rotatable bonds is 8. The van der Waals surface area contributed by atoms with Gasteiger partial charge in [-0.25, -0.2) is 17.4 Å². The van der Waals surface area contributed by atoms with Crippen LogP contribution in [0.4, 0.5) is 11.4 Å². The largest absolute Gasteiger partial charge is 0.495 e. The van der Waals surface area contributed by atoms with Crippen molar-refractivity contribution in [3.05, 3.63) is 48.8 Å². The van der Waals surface area contributed by atoms with Gasteiger partial charge in [-0.2, -0.15) is 0 Å². The van der Waals surface area contributed by atoms with E-state index in [2.05, 4.69) is 26.2 Å². The van der Waals surface area contributed by atoms with Crippen LogP contribution in [0.1, 0.15) is 0 Å². The van der Waals surface area contributed by atoms with Crippen LogP contribution in [-0.4, -0.2) is 66.6 Å². The lowest BCUT2D eigenvalue weighted by atomic mass is 10.2. The number of aromatic nitrogens is 4. The number of anilines is 2. The van der Waals surface area contributed by atoms with Crippen molar-refractivity contribution in [1.29, 1.82) is 0 Å². The fourth-order valence-electron chi connectivity index (χ4n) is 2.55. The lowest BCUT2D eigenvalue weighted by molar-refractivity contribution is -0.114. The van der Waals surface area contributed by atoms with Crippen molar-refractivity contribution >= 4 is 27.3 Å². The number of carbonyl (C=O) groups excluding carboxylic acids is 1. The van der Waals surface area contributed by atoms with Gasteiger partial charge in [0.15, 0.2) is 0 Å². The van der Waals surface area contributed by atoms with Crippen molar-refractivity contribution in [2.45, 2.75) is 4.90 Å². The zero-order valence-corrected chi connectivity index (χ0v) is 17.4. The molecular formula is C18H21N7O4S. The second kappa shape index (κ2) is 8.88. The van der Waals surface area contributed by atoms with Gasteiger partial charge < -0.3 is 15.4 Å². The van der Waals surface area contributed by atoms with Gasteiger partial charge in [0.2, 0.25) is 15.9 Å². The van der Waals surface area contributed by atoms with Crippen LogP contribution in [0.25, 0.3) is 5.69 Å². The molecule has 158 valence electrons. The Balaban J connectivity index is 1.65. The summed E-state index contributed by atoms with van der Waals surface area (Å²) in [4.78, 5) is 12.3. The third-order valence-electron chi connectivity index (χ3n) is 4.14. The number of sulfonamides is 1. The summed E-state index contributed by atoms with van der Waals surface area (Å²) in [6.07, 6.45) is 1.48. The van der Waals surface area contributed by atoms with Gasteiger partial charge in [0, 0.05) is 25.5 Å². The summed E-state index contributed by atoms with van der Waals surface area (Å²) in [6, 6.07) is 11.6. The van der Waals surface area contributed by atoms with Crippen LogP contribution in [0.5, 0.6) is 5.75 Å². The molecule has 0 aliphatic rings. The maximum absolute atomic E-state index is 12.5. The molecule has 0 radical (unpaired) electrons. The molecule has 0 unspecified atom stereocenters. The van der Waals surface area contributed by atoms with Crippen LogP contribution >= 0.6 is 0 Å². The van der Waals surface area contributed by atoms with Gasteiger partial charge in [-0.05, 0) is 52.9 Å². The predicted molar refractivity (Wildman–Crippen MR) is 110 cm³/mol. The smallest absolute Gasteiger partial charge is 0.246 e. The molecule has 0 saturated carbocycles. The average Bonchev–Trinajstić information content (AvgIpc) is 3.27. The van der Waals surface area contributed by atoms with Crippen molar-refractivity contribution in [3.63, 3.8) is 0 Å². The summed E-state index contributed by atoms with van der Waals surface area (Å²) in [5.74, 6) is -0.139. The number of methoxy groups -OCH3 is 1. The van der Waals surface area contributed by atoms with Crippen LogP contribution in [0.2, 0.25) is 0 Å². The minimum Gasteiger partial charge on any atom is -0.495 e. The van der Waals surface area contributed by atoms with Gasteiger partial charge in [-0.3, -0.25) is 4.79 Å². The molecule has 2 N–H and O–H groups in total. The van der Waals surface area contributed by atoms with E-state index in [-0.39, 0.29) is 23.1 Å². The zero-order chi connectivity index (χ0) is 21.7. The van der Waals surface area contributed by atoms with E-state index < -0.39 is 10.0 Å². The number of amides is 1. The minimum absolute atomic E-state index is 0.00792. The van der Waals surface area contributed by atoms with Gasteiger partial charge in [0.25, 0.3) is 0 Å². The SMILES string of the molecule is COc1ccc(NC(=O)CNc2ccc(-n3cnnn3)cc2)cc1S(=O)(=O)N(C)C. The highest BCUT2D eigenvalue weighted by Crippen LogP contribution is 2.28. The highest BCUT2D eigenvalue weighted by atomic mass is 32.2. The highest BCUT2D eigenvalue weighted by Gasteiger charge is 2.23. The number of benzene rings is 2. The summed E-state index contributed by atoms with van der Waals surface area (Å²) < 4.78 is 32.7. The number of carbonyl (C=O) groups is 1. The first-order valence-corrected chi connectivity index (χ1v) is 10.2. The molecule has 1 aromatic heterocycles. The lowest BCUT2D eigenvalue weighted by Gasteiger charge is -2.16. The molecule has 0 saturated heterocycles. The predicted octanol–water partition coefficient (Wildman–Crippen LogP) is 0.972. The number of hydrogen-bond donors (Lipinski definition) is 2. The van der Waals surface area contributed by atoms with E-state index in [0.29, 0.717) is 5.69 Å². The number of hydrogen-bond acceptors (Lipinski definition) is 8. The Labute approximate surface area is 173 Å². The molecule has 0 aliphatic heterocycles. The maximum Gasteiger partial charge on any atom is 0.246 e. The van der Waals surface area contributed by atoms with Crippen LogP contribution < -0.4 is 15.4 Å². The molecule has 1 heterocycles. The molecular weight excluding hydrogens is 410 g/mol. The molecule has 11 nitrogen and oxygen atoms in total. The van der Waals surface area contributed by atoms with Crippen molar-refractivity contribution in [2.24, 2.45) is 0 Å². The molecule has 12 heteroatoms. The maximum atomic E-state index is 12.5. The third kappa shape index (κ3) is 4.72. The fraction of sp³-hybridized carbons (Fsp3) is 0.222. The molecule has 2 aromatic carbocycles. The molecule has 0 spiro atoms. The van der Waals surface area contributed by atoms with Crippen molar-refractivity contribution in [3.8, 4) is 11.4 Å². The first-order chi connectivity index (χ1) is 14.3. The minimum atomic E-state index is -3.73. The van der Waals surface area contributed by atoms with Crippen molar-refractivity contribution < 1.29 is 17.9 Å². The molecule has 0 atom stereocenters. The number of nitrogens with one attached hydrogen (secondary N) is 2. The zero-order valence-electron chi connectivity index (χ0n) is 16.6. The van der Waals surface area contributed by atoms with Gasteiger partial charge in [-0.1, -0.05) is 0 Å². The number of ether oxygens (including phenoxy) is 1. The van der Waals surface area contributed by atoms with Crippen LogP contribution in [-0.2, 0) is 14.8 Å². The second-order valence-electron chi connectivity index (χ2n) is 6.36. The van der Waals surface area contributed by atoms with Gasteiger partial charge >= 0.3 is 0 Å². The summed E-state index contributed by atoms with van der Waals surface area (Å²) in [7, 11) is 0.506. The topological polar surface area (TPSA) is 131 Å². The summed E-state index contributed by atoms with van der Waals surface area (Å²) >= 11 is 0. The van der Waals surface area contributed by atoms with E-state index in [9.17, 15) is 13.2 Å². The molecule has 1 amide bonds. The fourth-order valence-corrected chi connectivity index (χ4v) is 3.63. The summed E-state index contributed by atoms with van der Waals surface area (Å²) in [5.41, 5.74) is 1.85. The van der Waals surface area contributed by atoms with E-state index in [0.717, 1.165) is 15.7 Å². The Morgan fingerprint density at radius 2 is 1.83 bits per heavy atom. The third-order valence-corrected chi connectivity index (χ3v) is 5.98. The number of tetrazole rings is 1. The molecule has 0 fully saturated rings. The van der Waals surface area contributed by atoms with Crippen LogP contribution in [0, 0.1) is 0 Å². The normalized spacial score (nSPS) is 11.3. The second-order valence-corrected chi connectivity index (χ2v) is 8.48. The first kappa shape index (κ1) is 21.2.